The molecule has 0 fully saturated rings. The van der Waals surface area contributed by atoms with Gasteiger partial charge in [-0.25, -0.2) is 4.79 Å². The molecular weight excluding hydrogens is 226 g/mol. The van der Waals surface area contributed by atoms with Crippen LogP contribution in [0.1, 0.15) is 37.0 Å². The molecular formula is C12H16ClNO2. The molecule has 3 nitrogen and oxygen atoms in total. The summed E-state index contributed by atoms with van der Waals surface area (Å²) in [6.45, 7) is 3.97. The first-order chi connectivity index (χ1) is 7.58. The number of anilines is 1. The molecule has 0 heterocycles. The van der Waals surface area contributed by atoms with Gasteiger partial charge in [-0.2, -0.15) is 0 Å². The summed E-state index contributed by atoms with van der Waals surface area (Å²) in [6, 6.07) is 4.75. The lowest BCUT2D eigenvalue weighted by Crippen LogP contribution is -2.16. The molecule has 0 saturated carbocycles. The van der Waals surface area contributed by atoms with Crippen molar-refractivity contribution in [3.05, 3.63) is 28.8 Å². The number of esters is 1. The molecule has 2 N–H and O–H groups in total. The number of halogens is 1. The van der Waals surface area contributed by atoms with E-state index in [-0.39, 0.29) is 12.1 Å². The third-order valence-corrected chi connectivity index (χ3v) is 2.76. The Morgan fingerprint density at radius 2 is 2.06 bits per heavy atom. The number of carbonyl (C=O) groups is 1. The Labute approximate surface area is 101 Å². The Balaban J connectivity index is 2.76. The second kappa shape index (κ2) is 5.75. The summed E-state index contributed by atoms with van der Waals surface area (Å²) in [4.78, 5) is 11.7. The van der Waals surface area contributed by atoms with Crippen LogP contribution in [0.15, 0.2) is 18.2 Å². The number of nitrogen functional groups attached to an aromatic ring is 1. The summed E-state index contributed by atoms with van der Waals surface area (Å²) in [7, 11) is 0. The summed E-state index contributed by atoms with van der Waals surface area (Å²) < 4.78 is 5.29. The molecule has 4 heteroatoms. The molecule has 1 aromatic carbocycles. The van der Waals surface area contributed by atoms with Crippen LogP contribution < -0.4 is 5.73 Å². The maximum atomic E-state index is 11.7. The lowest BCUT2D eigenvalue weighted by Gasteiger charge is -2.14. The van der Waals surface area contributed by atoms with E-state index in [2.05, 4.69) is 0 Å². The van der Waals surface area contributed by atoms with Crippen LogP contribution in [0.2, 0.25) is 5.02 Å². The van der Waals surface area contributed by atoms with Gasteiger partial charge in [-0.05, 0) is 31.0 Å². The van der Waals surface area contributed by atoms with Crippen LogP contribution in [-0.2, 0) is 4.74 Å². The number of hydrogen-bond donors (Lipinski definition) is 1. The average Bonchev–Trinajstić information content (AvgIpc) is 2.29. The molecule has 0 aliphatic rings. The van der Waals surface area contributed by atoms with E-state index < -0.39 is 0 Å². The number of nitrogens with two attached hydrogens (primary N) is 1. The van der Waals surface area contributed by atoms with Gasteiger partial charge in [0, 0.05) is 0 Å². The predicted molar refractivity (Wildman–Crippen MR) is 65.6 cm³/mol. The maximum absolute atomic E-state index is 11.7. The summed E-state index contributed by atoms with van der Waals surface area (Å²) in [5, 5.41) is 0.444. The Bertz CT molecular complexity index is 375. The number of ether oxygens (including phenoxy) is 1. The fourth-order valence-corrected chi connectivity index (χ4v) is 1.46. The lowest BCUT2D eigenvalue weighted by atomic mass is 10.2. The van der Waals surface area contributed by atoms with E-state index in [4.69, 9.17) is 22.1 Å². The molecule has 1 aromatic rings. The topological polar surface area (TPSA) is 52.3 Å². The van der Waals surface area contributed by atoms with Gasteiger partial charge in [-0.1, -0.05) is 25.4 Å². The molecule has 16 heavy (non-hydrogen) atoms. The van der Waals surface area contributed by atoms with Crippen molar-refractivity contribution in [3.63, 3.8) is 0 Å². The van der Waals surface area contributed by atoms with Crippen molar-refractivity contribution in [1.82, 2.24) is 0 Å². The van der Waals surface area contributed by atoms with Crippen LogP contribution in [-0.4, -0.2) is 12.1 Å². The summed E-state index contributed by atoms with van der Waals surface area (Å²) in [5.74, 6) is -0.350. The van der Waals surface area contributed by atoms with Gasteiger partial charge in [-0.3, -0.25) is 0 Å². The van der Waals surface area contributed by atoms with Crippen LogP contribution in [0.3, 0.4) is 0 Å². The van der Waals surface area contributed by atoms with Gasteiger partial charge in [-0.15, -0.1) is 0 Å². The number of rotatable bonds is 4. The van der Waals surface area contributed by atoms with Crippen molar-refractivity contribution >= 4 is 23.3 Å². The van der Waals surface area contributed by atoms with E-state index in [1.54, 1.807) is 12.1 Å². The van der Waals surface area contributed by atoms with Crippen LogP contribution in [0, 0.1) is 0 Å². The minimum atomic E-state index is -0.350. The Kier molecular flexibility index (Phi) is 4.62. The van der Waals surface area contributed by atoms with Crippen LogP contribution >= 0.6 is 11.6 Å². The Hall–Kier alpha value is -1.22. The van der Waals surface area contributed by atoms with Crippen molar-refractivity contribution in [1.29, 1.82) is 0 Å². The van der Waals surface area contributed by atoms with Crippen LogP contribution in [0.5, 0.6) is 0 Å². The molecule has 0 aliphatic heterocycles. The van der Waals surface area contributed by atoms with Crippen molar-refractivity contribution in [3.8, 4) is 0 Å². The van der Waals surface area contributed by atoms with E-state index in [1.165, 1.54) is 6.07 Å². The third kappa shape index (κ3) is 3.14. The molecule has 0 aliphatic carbocycles. The first-order valence-corrected chi connectivity index (χ1v) is 5.72. The Morgan fingerprint density at radius 3 is 2.56 bits per heavy atom. The molecule has 88 valence electrons. The van der Waals surface area contributed by atoms with Gasteiger partial charge in [0.05, 0.1) is 16.3 Å². The van der Waals surface area contributed by atoms with Crippen molar-refractivity contribution in [2.75, 3.05) is 5.73 Å². The van der Waals surface area contributed by atoms with Gasteiger partial charge in [0.15, 0.2) is 0 Å². The largest absolute Gasteiger partial charge is 0.459 e. The van der Waals surface area contributed by atoms with E-state index in [1.807, 2.05) is 13.8 Å². The van der Waals surface area contributed by atoms with Crippen LogP contribution in [0.25, 0.3) is 0 Å². The first kappa shape index (κ1) is 12.8. The van der Waals surface area contributed by atoms with Gasteiger partial charge >= 0.3 is 5.97 Å². The molecule has 0 radical (unpaired) electrons. The SMILES string of the molecule is CCC(CC)OC(=O)c1ccc(Cl)c(N)c1. The quantitative estimate of drug-likeness (QED) is 0.650. The summed E-state index contributed by atoms with van der Waals surface area (Å²) >= 11 is 5.77. The van der Waals surface area contributed by atoms with Gasteiger partial charge < -0.3 is 10.5 Å². The number of carbonyl (C=O) groups excluding carboxylic acids is 1. The predicted octanol–water partition coefficient (Wildman–Crippen LogP) is 3.27. The molecule has 0 atom stereocenters. The average molecular weight is 242 g/mol. The number of benzene rings is 1. The molecule has 0 amide bonds. The van der Waals surface area contributed by atoms with Crippen molar-refractivity contribution in [2.45, 2.75) is 32.8 Å². The zero-order valence-corrected chi connectivity index (χ0v) is 10.3. The molecule has 0 aromatic heterocycles. The fourth-order valence-electron chi connectivity index (χ4n) is 1.35. The molecule has 0 spiro atoms. The summed E-state index contributed by atoms with van der Waals surface area (Å²) in [6.07, 6.45) is 1.58. The summed E-state index contributed by atoms with van der Waals surface area (Å²) in [5.41, 5.74) is 6.44. The van der Waals surface area contributed by atoms with E-state index >= 15 is 0 Å². The second-order valence-electron chi connectivity index (χ2n) is 3.58. The molecule has 1 rings (SSSR count). The molecule has 0 bridgehead atoms. The van der Waals surface area contributed by atoms with Gasteiger partial charge in [0.2, 0.25) is 0 Å². The van der Waals surface area contributed by atoms with Crippen LogP contribution in [0.4, 0.5) is 5.69 Å². The minimum Gasteiger partial charge on any atom is -0.459 e. The highest BCUT2D eigenvalue weighted by molar-refractivity contribution is 6.33. The monoisotopic (exact) mass is 241 g/mol. The smallest absolute Gasteiger partial charge is 0.338 e. The lowest BCUT2D eigenvalue weighted by molar-refractivity contribution is 0.0284. The zero-order valence-electron chi connectivity index (χ0n) is 9.50. The van der Waals surface area contributed by atoms with E-state index in [0.29, 0.717) is 16.3 Å². The van der Waals surface area contributed by atoms with E-state index in [9.17, 15) is 4.79 Å². The van der Waals surface area contributed by atoms with Gasteiger partial charge in [0.25, 0.3) is 0 Å². The fraction of sp³-hybridized carbons (Fsp3) is 0.417. The molecule has 0 unspecified atom stereocenters. The second-order valence-corrected chi connectivity index (χ2v) is 3.99. The highest BCUT2D eigenvalue weighted by Crippen LogP contribution is 2.20. The zero-order chi connectivity index (χ0) is 12.1. The van der Waals surface area contributed by atoms with Gasteiger partial charge in [0.1, 0.15) is 6.10 Å². The number of hydrogen-bond acceptors (Lipinski definition) is 3. The highest BCUT2D eigenvalue weighted by atomic mass is 35.5. The first-order valence-electron chi connectivity index (χ1n) is 5.34. The standard InChI is InChI=1S/C12H16ClNO2/c1-3-9(4-2)16-12(15)8-5-6-10(13)11(14)7-8/h5-7,9H,3-4,14H2,1-2H3. The van der Waals surface area contributed by atoms with Crippen molar-refractivity contribution in [2.24, 2.45) is 0 Å². The third-order valence-electron chi connectivity index (χ3n) is 2.42. The maximum Gasteiger partial charge on any atom is 0.338 e. The minimum absolute atomic E-state index is 0.0376. The van der Waals surface area contributed by atoms with E-state index in [0.717, 1.165) is 12.8 Å². The Morgan fingerprint density at radius 1 is 1.44 bits per heavy atom. The highest BCUT2D eigenvalue weighted by Gasteiger charge is 2.13. The normalized spacial score (nSPS) is 10.5. The molecule has 0 saturated heterocycles. The van der Waals surface area contributed by atoms with Crippen molar-refractivity contribution < 1.29 is 9.53 Å².